The van der Waals surface area contributed by atoms with E-state index in [0.717, 1.165) is 0 Å². The fraction of sp³-hybridized carbons (Fsp3) is 0.750. The molecule has 0 saturated heterocycles. The number of carbonyl (C=O) groups is 1. The van der Waals surface area contributed by atoms with E-state index in [-0.39, 0.29) is 12.1 Å². The van der Waals surface area contributed by atoms with E-state index in [0.29, 0.717) is 5.92 Å². The lowest BCUT2D eigenvalue weighted by molar-refractivity contribution is -0.146. The second kappa shape index (κ2) is 5.84. The van der Waals surface area contributed by atoms with Crippen LogP contribution in [-0.2, 0) is 9.53 Å². The van der Waals surface area contributed by atoms with E-state index in [4.69, 9.17) is 4.74 Å². The summed E-state index contributed by atoms with van der Waals surface area (Å²) >= 11 is 0. The highest BCUT2D eigenvalue weighted by atomic mass is 16.5. The molecule has 14 heavy (non-hydrogen) atoms. The van der Waals surface area contributed by atoms with Crippen LogP contribution in [0.4, 0.5) is 0 Å². The number of hydrogen-bond donors (Lipinski definition) is 0. The molecule has 0 amide bonds. The Hall–Kier alpha value is -0.790. The van der Waals surface area contributed by atoms with Gasteiger partial charge in [-0.2, -0.15) is 0 Å². The Morgan fingerprint density at radius 2 is 2.00 bits per heavy atom. The van der Waals surface area contributed by atoms with E-state index in [1.54, 1.807) is 0 Å². The van der Waals surface area contributed by atoms with Crippen molar-refractivity contribution >= 4 is 5.97 Å². The van der Waals surface area contributed by atoms with Crippen LogP contribution >= 0.6 is 0 Å². The number of rotatable bonds is 3. The molecule has 0 aromatic heterocycles. The molecule has 0 radical (unpaired) electrons. The molecule has 1 saturated carbocycles. The molecule has 1 aliphatic carbocycles. The summed E-state index contributed by atoms with van der Waals surface area (Å²) in [5.41, 5.74) is 0. The highest BCUT2D eigenvalue weighted by Crippen LogP contribution is 2.28. The summed E-state index contributed by atoms with van der Waals surface area (Å²) < 4.78 is 5.30. The van der Waals surface area contributed by atoms with Crippen molar-refractivity contribution < 1.29 is 9.53 Å². The van der Waals surface area contributed by atoms with Crippen molar-refractivity contribution in [3.05, 3.63) is 12.2 Å². The summed E-state index contributed by atoms with van der Waals surface area (Å²) in [6.07, 6.45) is 10.3. The molecule has 0 aromatic carbocycles. The van der Waals surface area contributed by atoms with Gasteiger partial charge in [0.1, 0.15) is 6.10 Å². The van der Waals surface area contributed by atoms with Crippen LogP contribution < -0.4 is 0 Å². The van der Waals surface area contributed by atoms with Crippen LogP contribution in [0.5, 0.6) is 0 Å². The van der Waals surface area contributed by atoms with Crippen LogP contribution in [0.3, 0.4) is 0 Å². The number of hydrogen-bond acceptors (Lipinski definition) is 2. The SMILES string of the molecule is C/C=C/C(OC(C)=O)C1CCCCC1. The summed E-state index contributed by atoms with van der Waals surface area (Å²) in [6.45, 7) is 3.46. The molecule has 0 spiro atoms. The van der Waals surface area contributed by atoms with E-state index in [9.17, 15) is 4.79 Å². The van der Waals surface area contributed by atoms with Crippen molar-refractivity contribution in [3.8, 4) is 0 Å². The first-order valence-corrected chi connectivity index (χ1v) is 5.54. The van der Waals surface area contributed by atoms with E-state index < -0.39 is 0 Å². The third-order valence-corrected chi connectivity index (χ3v) is 2.80. The topological polar surface area (TPSA) is 26.3 Å². The Bertz CT molecular complexity index is 202. The Morgan fingerprint density at radius 1 is 1.36 bits per heavy atom. The predicted octanol–water partition coefficient (Wildman–Crippen LogP) is 3.07. The molecule has 0 N–H and O–H groups in total. The summed E-state index contributed by atoms with van der Waals surface area (Å²) in [6, 6.07) is 0. The minimum absolute atomic E-state index is 0.0119. The van der Waals surface area contributed by atoms with Gasteiger partial charge in [0.05, 0.1) is 0 Å². The fourth-order valence-corrected chi connectivity index (χ4v) is 2.14. The van der Waals surface area contributed by atoms with Gasteiger partial charge in [-0.05, 0) is 31.8 Å². The molecule has 0 heterocycles. The minimum Gasteiger partial charge on any atom is -0.458 e. The van der Waals surface area contributed by atoms with E-state index in [2.05, 4.69) is 0 Å². The van der Waals surface area contributed by atoms with Crippen molar-refractivity contribution in [2.75, 3.05) is 0 Å². The maximum absolute atomic E-state index is 10.9. The van der Waals surface area contributed by atoms with Crippen LogP contribution in [0.2, 0.25) is 0 Å². The van der Waals surface area contributed by atoms with Crippen molar-refractivity contribution in [1.29, 1.82) is 0 Å². The smallest absolute Gasteiger partial charge is 0.303 e. The van der Waals surface area contributed by atoms with E-state index in [1.165, 1.54) is 39.0 Å². The Kier molecular flexibility index (Phi) is 4.71. The number of carbonyl (C=O) groups excluding carboxylic acids is 1. The van der Waals surface area contributed by atoms with Crippen molar-refractivity contribution in [3.63, 3.8) is 0 Å². The zero-order valence-electron chi connectivity index (χ0n) is 9.16. The average molecular weight is 196 g/mol. The number of esters is 1. The predicted molar refractivity (Wildman–Crippen MR) is 56.9 cm³/mol. The molecule has 1 rings (SSSR count). The normalized spacial score (nSPS) is 21.0. The molecule has 1 aliphatic rings. The van der Waals surface area contributed by atoms with Crippen LogP contribution in [0.25, 0.3) is 0 Å². The quantitative estimate of drug-likeness (QED) is 0.512. The molecule has 2 heteroatoms. The second-order valence-corrected chi connectivity index (χ2v) is 4.00. The lowest BCUT2D eigenvalue weighted by atomic mass is 9.85. The van der Waals surface area contributed by atoms with Crippen molar-refractivity contribution in [2.24, 2.45) is 5.92 Å². The van der Waals surface area contributed by atoms with Crippen molar-refractivity contribution in [2.45, 2.75) is 52.1 Å². The molecule has 0 aliphatic heterocycles. The third kappa shape index (κ3) is 3.52. The van der Waals surface area contributed by atoms with Gasteiger partial charge in [0, 0.05) is 6.92 Å². The van der Waals surface area contributed by atoms with Gasteiger partial charge in [-0.15, -0.1) is 0 Å². The third-order valence-electron chi connectivity index (χ3n) is 2.80. The number of ether oxygens (including phenoxy) is 1. The highest BCUT2D eigenvalue weighted by Gasteiger charge is 2.23. The second-order valence-electron chi connectivity index (χ2n) is 4.00. The summed E-state index contributed by atoms with van der Waals surface area (Å²) in [4.78, 5) is 10.9. The van der Waals surface area contributed by atoms with Gasteiger partial charge in [-0.25, -0.2) is 0 Å². The lowest BCUT2D eigenvalue weighted by Gasteiger charge is -2.27. The monoisotopic (exact) mass is 196 g/mol. The first-order valence-electron chi connectivity index (χ1n) is 5.54. The van der Waals surface area contributed by atoms with Gasteiger partial charge in [0.25, 0.3) is 0 Å². The zero-order chi connectivity index (χ0) is 10.4. The van der Waals surface area contributed by atoms with Gasteiger partial charge in [0.15, 0.2) is 0 Å². The lowest BCUT2D eigenvalue weighted by Crippen LogP contribution is -2.26. The van der Waals surface area contributed by atoms with Gasteiger partial charge in [-0.1, -0.05) is 25.3 Å². The van der Waals surface area contributed by atoms with Crippen LogP contribution in [0, 0.1) is 5.92 Å². The summed E-state index contributed by atoms with van der Waals surface area (Å²) in [5, 5.41) is 0. The van der Waals surface area contributed by atoms with Crippen LogP contribution in [0.1, 0.15) is 46.0 Å². The molecule has 0 aromatic rings. The van der Waals surface area contributed by atoms with Crippen LogP contribution in [-0.4, -0.2) is 12.1 Å². The first kappa shape index (κ1) is 11.3. The minimum atomic E-state index is -0.168. The summed E-state index contributed by atoms with van der Waals surface area (Å²) in [5.74, 6) is 0.377. The zero-order valence-corrected chi connectivity index (χ0v) is 9.16. The maximum Gasteiger partial charge on any atom is 0.303 e. The molecular formula is C12H20O2. The number of allylic oxidation sites excluding steroid dienone is 1. The largest absolute Gasteiger partial charge is 0.458 e. The van der Waals surface area contributed by atoms with Gasteiger partial charge in [-0.3, -0.25) is 4.79 Å². The molecular weight excluding hydrogens is 176 g/mol. The van der Waals surface area contributed by atoms with E-state index >= 15 is 0 Å². The van der Waals surface area contributed by atoms with Gasteiger partial charge < -0.3 is 4.74 Å². The van der Waals surface area contributed by atoms with Gasteiger partial charge >= 0.3 is 5.97 Å². The highest BCUT2D eigenvalue weighted by molar-refractivity contribution is 5.66. The average Bonchev–Trinajstić information content (AvgIpc) is 2.18. The molecule has 1 atom stereocenters. The Labute approximate surface area is 86.3 Å². The maximum atomic E-state index is 10.9. The Balaban J connectivity index is 2.51. The van der Waals surface area contributed by atoms with Crippen LogP contribution in [0.15, 0.2) is 12.2 Å². The Morgan fingerprint density at radius 3 is 2.50 bits per heavy atom. The van der Waals surface area contributed by atoms with E-state index in [1.807, 2.05) is 19.1 Å². The fourth-order valence-electron chi connectivity index (χ4n) is 2.14. The molecule has 1 unspecified atom stereocenters. The van der Waals surface area contributed by atoms with Gasteiger partial charge in [0.2, 0.25) is 0 Å². The van der Waals surface area contributed by atoms with Crippen molar-refractivity contribution in [1.82, 2.24) is 0 Å². The molecule has 2 nitrogen and oxygen atoms in total. The molecule has 1 fully saturated rings. The molecule has 0 bridgehead atoms. The first-order chi connectivity index (χ1) is 6.74. The standard InChI is InChI=1S/C12H20O2/c1-3-7-12(14-10(2)13)11-8-5-4-6-9-11/h3,7,11-12H,4-6,8-9H2,1-2H3/b7-3+. The summed E-state index contributed by atoms with van der Waals surface area (Å²) in [7, 11) is 0. The molecule has 80 valence electrons.